The monoisotopic (exact) mass is 273 g/mol. The largest absolute Gasteiger partial charge is 0.303 e. The fourth-order valence-corrected chi connectivity index (χ4v) is 1.82. The molecule has 0 saturated carbocycles. The van der Waals surface area contributed by atoms with Gasteiger partial charge in [0.05, 0.1) is 12.0 Å². The molecule has 1 saturated heterocycles. The summed E-state index contributed by atoms with van der Waals surface area (Å²) in [5, 5.41) is 9.68. The van der Waals surface area contributed by atoms with Crippen LogP contribution >= 0.6 is 11.8 Å². The summed E-state index contributed by atoms with van der Waals surface area (Å²) in [5.41, 5.74) is -0.355. The quantitative estimate of drug-likeness (QED) is 0.506. The second kappa shape index (κ2) is 5.21. The number of thioether (sulfide) groups is 1. The molecule has 0 aliphatic carbocycles. The summed E-state index contributed by atoms with van der Waals surface area (Å²) >= 11 is 1.13. The lowest BCUT2D eigenvalue weighted by Crippen LogP contribution is -2.19. The Morgan fingerprint density at radius 2 is 2.11 bits per heavy atom. The van der Waals surface area contributed by atoms with Gasteiger partial charge in [-0.05, 0) is 6.07 Å². The molecule has 1 aliphatic heterocycles. The smallest absolute Gasteiger partial charge is 0.236 e. The predicted molar refractivity (Wildman–Crippen MR) is 61.9 cm³/mol. The average Bonchev–Trinajstić information content (AvgIpc) is 2.71. The second-order valence-electron chi connectivity index (χ2n) is 3.28. The maximum absolute atomic E-state index is 13.2. The highest BCUT2D eigenvalue weighted by molar-refractivity contribution is 8.15. The number of rotatable bonds is 2. The molecule has 0 bridgehead atoms. The van der Waals surface area contributed by atoms with Crippen molar-refractivity contribution in [3.05, 3.63) is 35.1 Å². The number of hydrogen-bond donors (Lipinski definition) is 1. The Labute approximate surface area is 104 Å². The van der Waals surface area contributed by atoms with Crippen LogP contribution in [0, 0.1) is 17.5 Å². The Bertz CT molecular complexity index is 560. The molecule has 1 amide bonds. The van der Waals surface area contributed by atoms with Gasteiger partial charge in [-0.2, -0.15) is 5.10 Å². The molecule has 0 spiro atoms. The molecular weight excluding hydrogens is 267 g/mol. The zero-order valence-electron chi connectivity index (χ0n) is 8.78. The molecule has 1 fully saturated rings. The average molecular weight is 273 g/mol. The van der Waals surface area contributed by atoms with Crippen LogP contribution in [0.15, 0.2) is 22.3 Å². The molecule has 1 aromatic rings. The summed E-state index contributed by atoms with van der Waals surface area (Å²) in [6, 6.07) is 1.23. The van der Waals surface area contributed by atoms with Crippen molar-refractivity contribution >= 4 is 29.1 Å². The van der Waals surface area contributed by atoms with Gasteiger partial charge in [-0.3, -0.25) is 4.79 Å². The Hall–Kier alpha value is -1.83. The lowest BCUT2D eigenvalue weighted by molar-refractivity contribution is -0.116. The molecule has 0 aromatic heterocycles. The number of carbonyl (C=O) groups excluding carboxylic acids is 1. The van der Waals surface area contributed by atoms with E-state index in [1.54, 1.807) is 0 Å². The van der Waals surface area contributed by atoms with Gasteiger partial charge in [0.1, 0.15) is 5.82 Å². The molecule has 0 unspecified atom stereocenters. The van der Waals surface area contributed by atoms with Gasteiger partial charge in [-0.1, -0.05) is 11.8 Å². The van der Waals surface area contributed by atoms with Crippen molar-refractivity contribution in [2.75, 3.05) is 5.75 Å². The van der Waals surface area contributed by atoms with E-state index >= 15 is 0 Å². The first kappa shape index (κ1) is 12.6. The highest BCUT2D eigenvalue weighted by Crippen LogP contribution is 2.13. The third-order valence-electron chi connectivity index (χ3n) is 1.95. The standard InChI is InChI=1S/C10H6F3N3OS/c11-6-1-5(9(13)7(12)2-6)3-14-16-10-15-8(17)4-18-10/h1-3H,4H2,(H,15,16,17). The van der Waals surface area contributed by atoms with Gasteiger partial charge in [-0.25, -0.2) is 13.2 Å². The van der Waals surface area contributed by atoms with E-state index in [9.17, 15) is 18.0 Å². The van der Waals surface area contributed by atoms with E-state index in [1.165, 1.54) is 0 Å². The molecule has 8 heteroatoms. The van der Waals surface area contributed by atoms with Crippen LogP contribution in [0.25, 0.3) is 0 Å². The van der Waals surface area contributed by atoms with Crippen molar-refractivity contribution in [1.29, 1.82) is 0 Å². The number of carbonyl (C=O) groups is 1. The van der Waals surface area contributed by atoms with Crippen LogP contribution in [0.3, 0.4) is 0 Å². The fraction of sp³-hybridized carbons (Fsp3) is 0.100. The van der Waals surface area contributed by atoms with Gasteiger partial charge in [0.15, 0.2) is 16.8 Å². The fourth-order valence-electron chi connectivity index (χ4n) is 1.19. The highest BCUT2D eigenvalue weighted by atomic mass is 32.2. The molecule has 2 rings (SSSR count). The van der Waals surface area contributed by atoms with E-state index < -0.39 is 17.5 Å². The van der Waals surface area contributed by atoms with Crippen molar-refractivity contribution < 1.29 is 18.0 Å². The molecule has 1 aromatic carbocycles. The molecule has 4 nitrogen and oxygen atoms in total. The maximum Gasteiger partial charge on any atom is 0.236 e. The summed E-state index contributed by atoms with van der Waals surface area (Å²) < 4.78 is 38.9. The van der Waals surface area contributed by atoms with Gasteiger partial charge in [0.2, 0.25) is 5.91 Å². The van der Waals surface area contributed by atoms with Gasteiger partial charge in [0, 0.05) is 11.6 Å². The molecule has 1 aliphatic rings. The Kier molecular flexibility index (Phi) is 3.66. The van der Waals surface area contributed by atoms with E-state index in [2.05, 4.69) is 15.5 Å². The molecule has 94 valence electrons. The minimum atomic E-state index is -1.30. The summed E-state index contributed by atoms with van der Waals surface area (Å²) in [6.07, 6.45) is 0.875. The van der Waals surface area contributed by atoms with Crippen LogP contribution in [0.2, 0.25) is 0 Å². The summed E-state index contributed by atoms with van der Waals surface area (Å²) in [6.45, 7) is 0. The van der Waals surface area contributed by atoms with Crippen LogP contribution in [-0.4, -0.2) is 23.0 Å². The van der Waals surface area contributed by atoms with Crippen LogP contribution in [-0.2, 0) is 4.79 Å². The van der Waals surface area contributed by atoms with Gasteiger partial charge >= 0.3 is 0 Å². The minimum absolute atomic E-state index is 0.211. The Morgan fingerprint density at radius 3 is 2.78 bits per heavy atom. The first-order chi connectivity index (χ1) is 8.56. The SMILES string of the molecule is O=C1CSC(=NN=Cc2cc(F)cc(F)c2F)N1. The first-order valence-corrected chi connectivity index (χ1v) is 5.73. The topological polar surface area (TPSA) is 53.8 Å². The van der Waals surface area contributed by atoms with Crippen LogP contribution in [0.4, 0.5) is 13.2 Å². The lowest BCUT2D eigenvalue weighted by atomic mass is 10.2. The van der Waals surface area contributed by atoms with E-state index in [-0.39, 0.29) is 22.4 Å². The summed E-state index contributed by atoms with van der Waals surface area (Å²) in [7, 11) is 0. The number of amidine groups is 1. The van der Waals surface area contributed by atoms with Crippen molar-refractivity contribution in [2.45, 2.75) is 0 Å². The zero-order valence-corrected chi connectivity index (χ0v) is 9.60. The van der Waals surface area contributed by atoms with Crippen LogP contribution in [0.1, 0.15) is 5.56 Å². The number of halogens is 3. The number of amides is 1. The Morgan fingerprint density at radius 1 is 1.33 bits per heavy atom. The van der Waals surface area contributed by atoms with Crippen molar-refractivity contribution in [1.82, 2.24) is 5.32 Å². The molecule has 0 radical (unpaired) electrons. The maximum atomic E-state index is 13.2. The number of nitrogens with one attached hydrogen (secondary N) is 1. The van der Waals surface area contributed by atoms with Crippen LogP contribution < -0.4 is 5.32 Å². The molecule has 18 heavy (non-hydrogen) atoms. The highest BCUT2D eigenvalue weighted by Gasteiger charge is 2.16. The van der Waals surface area contributed by atoms with Gasteiger partial charge < -0.3 is 5.32 Å². The van der Waals surface area contributed by atoms with E-state index in [4.69, 9.17) is 0 Å². The molecule has 0 atom stereocenters. The molecular formula is C10H6F3N3OS. The predicted octanol–water partition coefficient (Wildman–Crippen LogP) is 1.66. The van der Waals surface area contributed by atoms with Crippen molar-refractivity contribution in [3.63, 3.8) is 0 Å². The van der Waals surface area contributed by atoms with Gasteiger partial charge in [0.25, 0.3) is 0 Å². The van der Waals surface area contributed by atoms with Crippen LogP contribution in [0.5, 0.6) is 0 Å². The molecule has 1 N–H and O–H groups in total. The Balaban J connectivity index is 2.17. The van der Waals surface area contributed by atoms with Gasteiger partial charge in [-0.15, -0.1) is 5.10 Å². The van der Waals surface area contributed by atoms with E-state index in [1.807, 2.05) is 0 Å². The number of nitrogens with zero attached hydrogens (tertiary/aromatic N) is 2. The van der Waals surface area contributed by atoms with Crippen molar-refractivity contribution in [2.24, 2.45) is 10.2 Å². The summed E-state index contributed by atoms with van der Waals surface area (Å²) in [4.78, 5) is 10.8. The normalized spacial score (nSPS) is 17.7. The number of benzene rings is 1. The second-order valence-corrected chi connectivity index (χ2v) is 4.24. The zero-order chi connectivity index (χ0) is 13.1. The third kappa shape index (κ3) is 2.89. The number of hydrogen-bond acceptors (Lipinski definition) is 4. The first-order valence-electron chi connectivity index (χ1n) is 4.74. The van der Waals surface area contributed by atoms with Crippen molar-refractivity contribution in [3.8, 4) is 0 Å². The van der Waals surface area contributed by atoms with E-state index in [0.29, 0.717) is 6.07 Å². The minimum Gasteiger partial charge on any atom is -0.303 e. The third-order valence-corrected chi connectivity index (χ3v) is 2.82. The van der Waals surface area contributed by atoms with E-state index in [0.717, 1.165) is 24.0 Å². The summed E-state index contributed by atoms with van der Waals surface area (Å²) in [5.74, 6) is -3.39. The molecule has 1 heterocycles. The lowest BCUT2D eigenvalue weighted by Gasteiger charge is -1.97.